The first-order valence-electron chi connectivity index (χ1n) is 18.3. The molecule has 0 saturated carbocycles. The first-order chi connectivity index (χ1) is 25.2. The molecule has 9 heteroatoms. The van der Waals surface area contributed by atoms with Gasteiger partial charge in [-0.05, 0) is 66.3 Å². The van der Waals surface area contributed by atoms with Gasteiger partial charge in [-0.1, -0.05) is 103 Å². The highest BCUT2D eigenvalue weighted by molar-refractivity contribution is 5.76. The van der Waals surface area contributed by atoms with Crippen LogP contribution in [-0.2, 0) is 32.2 Å². The highest BCUT2D eigenvalue weighted by Crippen LogP contribution is 2.39. The summed E-state index contributed by atoms with van der Waals surface area (Å²) < 4.78 is 13.2. The van der Waals surface area contributed by atoms with Crippen molar-refractivity contribution in [2.75, 3.05) is 20.1 Å². The number of likely N-dealkylation sites (N-methyl/N-ethyl adjacent to an activating group) is 1. The van der Waals surface area contributed by atoms with Gasteiger partial charge in [0.15, 0.2) is 6.29 Å². The average Bonchev–Trinajstić information content (AvgIpc) is 3.18. The molecule has 0 aliphatic carbocycles. The molecule has 0 aromatic heterocycles. The Morgan fingerprint density at radius 3 is 2.27 bits per heavy atom. The number of hydrogen-bond donors (Lipinski definition) is 4. The van der Waals surface area contributed by atoms with E-state index in [4.69, 9.17) is 9.47 Å². The second kappa shape index (κ2) is 19.5. The zero-order chi connectivity index (χ0) is 36.9. The average molecular weight is 708 g/mol. The first kappa shape index (κ1) is 38.8. The van der Waals surface area contributed by atoms with Gasteiger partial charge in [0.2, 0.25) is 11.8 Å². The van der Waals surface area contributed by atoms with E-state index in [0.29, 0.717) is 32.5 Å². The molecular formula is C43H53N3O6. The number of aliphatic hydroxyl groups excluding tert-OH is 2. The van der Waals surface area contributed by atoms with Gasteiger partial charge in [-0.3, -0.25) is 14.5 Å². The third-order valence-electron chi connectivity index (χ3n) is 9.79. The smallest absolute Gasteiger partial charge is 0.220 e. The van der Waals surface area contributed by atoms with Gasteiger partial charge in [-0.25, -0.2) is 0 Å². The molecule has 1 fully saturated rings. The Labute approximate surface area is 308 Å². The Bertz CT molecular complexity index is 1700. The first-order valence-corrected chi connectivity index (χ1v) is 18.3. The number of aliphatic hydroxyl groups is 2. The molecule has 9 nitrogen and oxygen atoms in total. The van der Waals surface area contributed by atoms with E-state index in [2.05, 4.69) is 39.8 Å². The predicted octanol–water partition coefficient (Wildman–Crippen LogP) is 6.76. The van der Waals surface area contributed by atoms with Crippen LogP contribution in [0, 0.1) is 0 Å². The lowest BCUT2D eigenvalue weighted by Gasteiger charge is -2.39. The van der Waals surface area contributed by atoms with Crippen LogP contribution >= 0.6 is 0 Å². The van der Waals surface area contributed by atoms with Crippen molar-refractivity contribution in [1.29, 1.82) is 0 Å². The summed E-state index contributed by atoms with van der Waals surface area (Å²) >= 11 is 0. The van der Waals surface area contributed by atoms with Crippen molar-refractivity contribution in [2.45, 2.75) is 89.7 Å². The van der Waals surface area contributed by atoms with Crippen LogP contribution in [0.3, 0.4) is 0 Å². The Balaban J connectivity index is 1.22. The second-order valence-electron chi connectivity index (χ2n) is 13.8. The van der Waals surface area contributed by atoms with Gasteiger partial charge >= 0.3 is 0 Å². The molecule has 0 spiro atoms. The van der Waals surface area contributed by atoms with Gasteiger partial charge in [0.05, 0.1) is 24.9 Å². The maximum absolute atomic E-state index is 12.4. The fourth-order valence-electron chi connectivity index (χ4n) is 6.52. The van der Waals surface area contributed by atoms with Gasteiger partial charge in [0, 0.05) is 51.0 Å². The van der Waals surface area contributed by atoms with E-state index in [-0.39, 0.29) is 36.7 Å². The largest absolute Gasteiger partial charge is 0.392 e. The van der Waals surface area contributed by atoms with Crippen molar-refractivity contribution in [1.82, 2.24) is 15.5 Å². The maximum Gasteiger partial charge on any atom is 0.220 e. The summed E-state index contributed by atoms with van der Waals surface area (Å²) in [6, 6.07) is 33.9. The van der Waals surface area contributed by atoms with Crippen LogP contribution in [0.15, 0.2) is 103 Å². The lowest BCUT2D eigenvalue weighted by molar-refractivity contribution is -0.253. The number of carbonyl (C=O) groups excluding carboxylic acids is 2. The Kier molecular flexibility index (Phi) is 14.5. The molecule has 0 radical (unpaired) electrons. The number of rotatable bonds is 17. The van der Waals surface area contributed by atoms with E-state index in [0.717, 1.165) is 58.2 Å². The molecule has 1 saturated heterocycles. The quantitative estimate of drug-likeness (QED) is 0.0896. The van der Waals surface area contributed by atoms with Gasteiger partial charge in [0.25, 0.3) is 0 Å². The number of benzene rings is 4. The van der Waals surface area contributed by atoms with Crippen LogP contribution in [-0.4, -0.2) is 59.2 Å². The predicted molar refractivity (Wildman–Crippen MR) is 203 cm³/mol. The minimum atomic E-state index is -0.635. The molecule has 1 aliphatic rings. The van der Waals surface area contributed by atoms with E-state index in [1.54, 1.807) is 0 Å². The molecule has 276 valence electrons. The van der Waals surface area contributed by atoms with Crippen LogP contribution in [0.1, 0.15) is 92.3 Å². The molecule has 5 rings (SSSR count). The molecule has 2 amide bonds. The van der Waals surface area contributed by atoms with Crippen LogP contribution in [0.4, 0.5) is 0 Å². The standard InChI is InChI=1S/C43H53N3O6/c1-30(42(50)36-12-6-4-7-13-36)46(3)28-39-26-40(35-18-16-32(29-47)17-19-35)52-43(51-39)37-22-20-34(21-23-37)38-14-10-11-33(25-38)27-45-41(49)15-8-5-9-24-44-31(2)48/h4,6-7,10-14,16-23,25,30,39-40,42-43,47,50H,5,8-9,15,24,26-29H2,1-3H3,(H,44,48)(H,45,49)/t30-,39-,40+,42-,43+/m0/s1. The number of carbonyl (C=O) groups is 2. The van der Waals surface area contributed by atoms with Gasteiger partial charge < -0.3 is 30.3 Å². The number of hydrogen-bond acceptors (Lipinski definition) is 7. The third-order valence-corrected chi connectivity index (χ3v) is 9.79. The molecule has 4 aromatic rings. The Hall–Kier alpha value is -4.38. The summed E-state index contributed by atoms with van der Waals surface area (Å²) in [6.07, 6.45) is 2.06. The summed E-state index contributed by atoms with van der Waals surface area (Å²) in [6.45, 7) is 5.23. The SMILES string of the molecule is CC(=O)NCCCCCC(=O)NCc1cccc(-c2ccc([C@@H]3O[C@H](CN(C)[C@@H](C)[C@H](O)c4ccccc4)C[C@H](c4ccc(CO)cc4)O3)cc2)c1. The van der Waals surface area contributed by atoms with Crippen LogP contribution in [0.5, 0.6) is 0 Å². The van der Waals surface area contributed by atoms with Gasteiger partial charge in [-0.15, -0.1) is 0 Å². The van der Waals surface area contributed by atoms with Crippen molar-refractivity contribution in [2.24, 2.45) is 0 Å². The zero-order valence-corrected chi connectivity index (χ0v) is 30.5. The Morgan fingerprint density at radius 1 is 0.827 bits per heavy atom. The van der Waals surface area contributed by atoms with E-state index < -0.39 is 12.4 Å². The van der Waals surface area contributed by atoms with E-state index in [1.807, 2.05) is 92.8 Å². The molecule has 1 heterocycles. The lowest BCUT2D eigenvalue weighted by atomic mass is 9.98. The van der Waals surface area contributed by atoms with Crippen molar-refractivity contribution < 1.29 is 29.3 Å². The fraction of sp³-hybridized carbons (Fsp3) is 0.395. The lowest BCUT2D eigenvalue weighted by Crippen LogP contribution is -2.43. The second-order valence-corrected chi connectivity index (χ2v) is 13.8. The summed E-state index contributed by atoms with van der Waals surface area (Å²) in [5, 5.41) is 26.5. The van der Waals surface area contributed by atoms with E-state index in [9.17, 15) is 19.8 Å². The zero-order valence-electron chi connectivity index (χ0n) is 30.5. The van der Waals surface area contributed by atoms with Crippen molar-refractivity contribution >= 4 is 11.8 Å². The summed E-state index contributed by atoms with van der Waals surface area (Å²) in [5.74, 6) is -0.00464. The summed E-state index contributed by atoms with van der Waals surface area (Å²) in [4.78, 5) is 25.5. The van der Waals surface area contributed by atoms with Crippen LogP contribution in [0.25, 0.3) is 11.1 Å². The number of unbranched alkanes of at least 4 members (excludes halogenated alkanes) is 2. The van der Waals surface area contributed by atoms with Crippen LogP contribution in [0.2, 0.25) is 0 Å². The van der Waals surface area contributed by atoms with Gasteiger partial charge in [-0.2, -0.15) is 0 Å². The molecule has 1 aliphatic heterocycles. The molecule has 5 atom stereocenters. The minimum Gasteiger partial charge on any atom is -0.392 e. The third kappa shape index (κ3) is 11.3. The summed E-state index contributed by atoms with van der Waals surface area (Å²) in [5.41, 5.74) is 6.78. The number of nitrogens with one attached hydrogen (secondary N) is 2. The number of amides is 2. The summed E-state index contributed by atoms with van der Waals surface area (Å²) in [7, 11) is 2.02. The highest BCUT2D eigenvalue weighted by Gasteiger charge is 2.34. The van der Waals surface area contributed by atoms with Crippen molar-refractivity contribution in [3.8, 4) is 11.1 Å². The number of ether oxygens (including phenoxy) is 2. The molecule has 4 aromatic carbocycles. The molecule has 0 unspecified atom stereocenters. The topological polar surface area (TPSA) is 120 Å². The normalized spacial score (nSPS) is 18.5. The van der Waals surface area contributed by atoms with E-state index >= 15 is 0 Å². The van der Waals surface area contributed by atoms with Crippen molar-refractivity contribution in [3.63, 3.8) is 0 Å². The van der Waals surface area contributed by atoms with Crippen molar-refractivity contribution in [3.05, 3.63) is 131 Å². The fourth-order valence-corrected chi connectivity index (χ4v) is 6.52. The minimum absolute atomic E-state index is 0.0144. The molecular weight excluding hydrogens is 654 g/mol. The van der Waals surface area contributed by atoms with Crippen LogP contribution < -0.4 is 10.6 Å². The van der Waals surface area contributed by atoms with E-state index in [1.165, 1.54) is 6.92 Å². The monoisotopic (exact) mass is 707 g/mol. The highest BCUT2D eigenvalue weighted by atomic mass is 16.7. The maximum atomic E-state index is 12.4. The Morgan fingerprint density at radius 2 is 1.56 bits per heavy atom. The van der Waals surface area contributed by atoms with Gasteiger partial charge in [0.1, 0.15) is 0 Å². The number of nitrogens with zero attached hydrogens (tertiary/aromatic N) is 1. The molecule has 4 N–H and O–H groups in total. The molecule has 52 heavy (non-hydrogen) atoms. The molecule has 0 bridgehead atoms.